The molecule has 1 fully saturated rings. The molecule has 7 nitrogen and oxygen atoms in total. The van der Waals surface area contributed by atoms with Gasteiger partial charge in [0.2, 0.25) is 5.88 Å². The first-order chi connectivity index (χ1) is 11.5. The Morgan fingerprint density at radius 2 is 2.04 bits per heavy atom. The molecule has 2 aromatic heterocycles. The summed E-state index contributed by atoms with van der Waals surface area (Å²) in [5, 5.41) is 18.3. The lowest BCUT2D eigenvalue weighted by Gasteiger charge is -2.31. The molecular weight excluding hydrogens is 306 g/mol. The summed E-state index contributed by atoms with van der Waals surface area (Å²) in [5.41, 5.74) is 0.869. The summed E-state index contributed by atoms with van der Waals surface area (Å²) in [4.78, 5) is 6.68. The van der Waals surface area contributed by atoms with Crippen LogP contribution in [-0.2, 0) is 12.1 Å². The summed E-state index contributed by atoms with van der Waals surface area (Å²) in [6, 6.07) is 4.31. The molecule has 2 aromatic rings. The molecule has 0 aromatic carbocycles. The van der Waals surface area contributed by atoms with Gasteiger partial charge in [0.25, 0.3) is 0 Å². The Kier molecular flexibility index (Phi) is 4.82. The lowest BCUT2D eigenvalue weighted by atomic mass is 10.0. The van der Waals surface area contributed by atoms with Crippen molar-refractivity contribution in [2.75, 3.05) is 20.2 Å². The van der Waals surface area contributed by atoms with E-state index in [0.717, 1.165) is 32.5 Å². The molecule has 0 radical (unpaired) electrons. The minimum atomic E-state index is -0.944. The Morgan fingerprint density at radius 1 is 1.29 bits per heavy atom. The van der Waals surface area contributed by atoms with E-state index >= 15 is 0 Å². The maximum Gasteiger partial charge on any atom is 0.212 e. The van der Waals surface area contributed by atoms with Gasteiger partial charge in [-0.15, -0.1) is 5.10 Å². The number of nitrogens with zero attached hydrogens (tertiary/aromatic N) is 5. The molecule has 0 atom stereocenters. The Balaban J connectivity index is 1.54. The number of ether oxygens (including phenoxy) is 1. The maximum atomic E-state index is 10.0. The average Bonchev–Trinajstić information content (AvgIpc) is 3.07. The quantitative estimate of drug-likeness (QED) is 0.899. The van der Waals surface area contributed by atoms with Crippen molar-refractivity contribution >= 4 is 0 Å². The highest BCUT2D eigenvalue weighted by Gasteiger charge is 2.25. The van der Waals surface area contributed by atoms with Gasteiger partial charge in [0, 0.05) is 31.9 Å². The molecule has 0 aliphatic carbocycles. The maximum absolute atomic E-state index is 10.0. The van der Waals surface area contributed by atoms with Gasteiger partial charge in [-0.25, -0.2) is 9.67 Å². The van der Waals surface area contributed by atoms with Gasteiger partial charge in [-0.05, 0) is 32.3 Å². The number of rotatable bonds is 5. The van der Waals surface area contributed by atoms with Crippen LogP contribution in [0.15, 0.2) is 24.5 Å². The molecule has 0 bridgehead atoms. The second kappa shape index (κ2) is 6.86. The summed E-state index contributed by atoms with van der Waals surface area (Å²) < 4.78 is 6.99. The van der Waals surface area contributed by atoms with Crippen LogP contribution in [0, 0.1) is 0 Å². The molecule has 7 heteroatoms. The lowest BCUT2D eigenvalue weighted by molar-refractivity contribution is 0.0736. The largest absolute Gasteiger partial charge is 0.481 e. The molecule has 24 heavy (non-hydrogen) atoms. The Hall–Kier alpha value is -1.99. The molecule has 3 rings (SSSR count). The van der Waals surface area contributed by atoms with E-state index < -0.39 is 5.60 Å². The molecule has 1 saturated heterocycles. The minimum Gasteiger partial charge on any atom is -0.481 e. The third kappa shape index (κ3) is 3.91. The number of aromatic nitrogens is 4. The zero-order chi connectivity index (χ0) is 17.2. The predicted molar refractivity (Wildman–Crippen MR) is 89.6 cm³/mol. The SMILES string of the molecule is COc1ccc(CN2CCC(n3cc(C(C)(C)O)nn3)CC2)cn1. The highest BCUT2D eigenvalue weighted by molar-refractivity contribution is 5.17. The fraction of sp³-hybridized carbons (Fsp3) is 0.588. The molecular formula is C17H25N5O2. The second-order valence-corrected chi connectivity index (χ2v) is 6.86. The van der Waals surface area contributed by atoms with Crippen molar-refractivity contribution in [3.63, 3.8) is 0 Å². The Morgan fingerprint density at radius 3 is 2.58 bits per heavy atom. The molecule has 0 spiro atoms. The number of hydrogen-bond donors (Lipinski definition) is 1. The van der Waals surface area contributed by atoms with Gasteiger partial charge in [0.05, 0.1) is 19.3 Å². The zero-order valence-corrected chi connectivity index (χ0v) is 14.5. The van der Waals surface area contributed by atoms with Crippen LogP contribution in [-0.4, -0.2) is 50.2 Å². The van der Waals surface area contributed by atoms with E-state index in [-0.39, 0.29) is 0 Å². The summed E-state index contributed by atoms with van der Waals surface area (Å²) in [7, 11) is 1.63. The Bertz CT molecular complexity index is 654. The average molecular weight is 331 g/mol. The predicted octanol–water partition coefficient (Wildman–Crippen LogP) is 1.75. The van der Waals surface area contributed by atoms with Crippen LogP contribution < -0.4 is 4.74 Å². The van der Waals surface area contributed by atoms with Gasteiger partial charge in [-0.3, -0.25) is 4.90 Å². The first-order valence-corrected chi connectivity index (χ1v) is 8.31. The summed E-state index contributed by atoms with van der Waals surface area (Å²) in [5.74, 6) is 0.645. The first kappa shape index (κ1) is 16.9. The third-order valence-electron chi connectivity index (χ3n) is 4.48. The van der Waals surface area contributed by atoms with E-state index in [9.17, 15) is 5.11 Å². The van der Waals surface area contributed by atoms with Crippen molar-refractivity contribution in [1.82, 2.24) is 24.9 Å². The summed E-state index contributed by atoms with van der Waals surface area (Å²) in [6.07, 6.45) is 5.79. The summed E-state index contributed by atoms with van der Waals surface area (Å²) >= 11 is 0. The minimum absolute atomic E-state index is 0.346. The van der Waals surface area contributed by atoms with Crippen molar-refractivity contribution < 1.29 is 9.84 Å². The molecule has 0 saturated carbocycles. The number of pyridine rings is 1. The normalized spacial score (nSPS) is 17.2. The van der Waals surface area contributed by atoms with Crippen molar-refractivity contribution in [2.45, 2.75) is 44.9 Å². The van der Waals surface area contributed by atoms with Crippen LogP contribution in [0.5, 0.6) is 5.88 Å². The summed E-state index contributed by atoms with van der Waals surface area (Å²) in [6.45, 7) is 6.37. The van der Waals surface area contributed by atoms with Crippen LogP contribution in [0.4, 0.5) is 0 Å². The van der Waals surface area contributed by atoms with Crippen molar-refractivity contribution in [2.24, 2.45) is 0 Å². The van der Waals surface area contributed by atoms with E-state index in [1.165, 1.54) is 5.56 Å². The van der Waals surface area contributed by atoms with Crippen LogP contribution in [0.3, 0.4) is 0 Å². The van der Waals surface area contributed by atoms with Gasteiger partial charge >= 0.3 is 0 Å². The number of piperidine rings is 1. The van der Waals surface area contributed by atoms with Crippen LogP contribution >= 0.6 is 0 Å². The van der Waals surface area contributed by atoms with E-state index in [4.69, 9.17) is 4.74 Å². The van der Waals surface area contributed by atoms with Crippen molar-refractivity contribution in [3.05, 3.63) is 35.8 Å². The van der Waals surface area contributed by atoms with Gasteiger partial charge in [0.1, 0.15) is 11.3 Å². The fourth-order valence-electron chi connectivity index (χ4n) is 2.96. The van der Waals surface area contributed by atoms with Crippen molar-refractivity contribution in [1.29, 1.82) is 0 Å². The molecule has 1 aliphatic rings. The van der Waals surface area contributed by atoms with Gasteiger partial charge in [0.15, 0.2) is 0 Å². The van der Waals surface area contributed by atoms with Crippen LogP contribution in [0.1, 0.15) is 44.0 Å². The van der Waals surface area contributed by atoms with Gasteiger partial charge in [-0.1, -0.05) is 11.3 Å². The second-order valence-electron chi connectivity index (χ2n) is 6.86. The topological polar surface area (TPSA) is 76.3 Å². The molecule has 1 N–H and O–H groups in total. The number of methoxy groups -OCH3 is 1. The number of hydrogen-bond acceptors (Lipinski definition) is 6. The van der Waals surface area contributed by atoms with Crippen LogP contribution in [0.2, 0.25) is 0 Å². The Labute approximate surface area is 142 Å². The molecule has 1 aliphatic heterocycles. The molecule has 130 valence electrons. The number of likely N-dealkylation sites (tertiary alicyclic amines) is 1. The van der Waals surface area contributed by atoms with E-state index in [0.29, 0.717) is 17.6 Å². The highest BCUT2D eigenvalue weighted by Crippen LogP contribution is 2.25. The standard InChI is InChI=1S/C17H25N5O2/c1-17(2,23)15-12-22(20-19-15)14-6-8-21(9-7-14)11-13-4-5-16(24-3)18-10-13/h4-5,10,12,14,23H,6-9,11H2,1-3H3. The van der Waals surface area contributed by atoms with Crippen molar-refractivity contribution in [3.8, 4) is 5.88 Å². The van der Waals surface area contributed by atoms with Gasteiger partial charge < -0.3 is 9.84 Å². The fourth-order valence-corrected chi connectivity index (χ4v) is 2.96. The van der Waals surface area contributed by atoms with E-state index in [1.54, 1.807) is 21.0 Å². The van der Waals surface area contributed by atoms with Gasteiger partial charge in [-0.2, -0.15) is 0 Å². The molecule has 3 heterocycles. The van der Waals surface area contributed by atoms with E-state index in [2.05, 4.69) is 26.3 Å². The smallest absolute Gasteiger partial charge is 0.212 e. The van der Waals surface area contributed by atoms with E-state index in [1.807, 2.05) is 23.1 Å². The third-order valence-corrected chi connectivity index (χ3v) is 4.48. The lowest BCUT2D eigenvalue weighted by Crippen LogP contribution is -2.34. The monoisotopic (exact) mass is 331 g/mol. The first-order valence-electron chi connectivity index (χ1n) is 8.31. The molecule has 0 unspecified atom stereocenters. The zero-order valence-electron chi connectivity index (χ0n) is 14.5. The number of aliphatic hydroxyl groups is 1. The highest BCUT2D eigenvalue weighted by atomic mass is 16.5. The van der Waals surface area contributed by atoms with Crippen LogP contribution in [0.25, 0.3) is 0 Å². The molecule has 0 amide bonds.